The maximum atomic E-state index is 13.6. The van der Waals surface area contributed by atoms with Crippen LogP contribution >= 0.6 is 0 Å². The molecular weight excluding hydrogens is 525 g/mol. The third-order valence-corrected chi connectivity index (χ3v) is 7.47. The maximum absolute atomic E-state index is 13.6. The summed E-state index contributed by atoms with van der Waals surface area (Å²) in [6, 6.07) is 17.4. The van der Waals surface area contributed by atoms with Crippen molar-refractivity contribution in [2.45, 2.75) is 25.5 Å². The molecule has 2 aromatic carbocycles. The molecule has 1 amide bonds. The van der Waals surface area contributed by atoms with E-state index in [2.05, 4.69) is 32.5 Å². The van der Waals surface area contributed by atoms with Gasteiger partial charge in [-0.15, -0.1) is 0 Å². The van der Waals surface area contributed by atoms with E-state index in [0.717, 1.165) is 43.9 Å². The molecule has 0 radical (unpaired) electrons. The third-order valence-electron chi connectivity index (χ3n) is 7.47. The van der Waals surface area contributed by atoms with Gasteiger partial charge in [-0.25, -0.2) is 14.2 Å². The van der Waals surface area contributed by atoms with Gasteiger partial charge in [-0.05, 0) is 55.3 Å². The van der Waals surface area contributed by atoms with E-state index in [9.17, 15) is 14.0 Å². The summed E-state index contributed by atoms with van der Waals surface area (Å²) in [6.07, 6.45) is 0.346. The Labute approximate surface area is 239 Å². The Balaban J connectivity index is 1.32. The molecule has 3 aromatic rings. The number of halogens is 1. The first-order valence-corrected chi connectivity index (χ1v) is 13.9. The third kappa shape index (κ3) is 7.20. The van der Waals surface area contributed by atoms with E-state index in [1.54, 1.807) is 25.1 Å². The number of nitrogens with one attached hydrogen (secondary N) is 2. The number of aromatic nitrogens is 1. The summed E-state index contributed by atoms with van der Waals surface area (Å²) in [5.74, 6) is -0.861. The second kappa shape index (κ2) is 12.7. The number of pyridine rings is 1. The van der Waals surface area contributed by atoms with Crippen LogP contribution in [0.5, 0.6) is 5.88 Å². The SMILES string of the molecule is CN1CCN(CCNC(=O)c2nc3c(cc2Cc2ccc(F)cc2)N[C@](C)(C(=O)OCc2ccccc2)CO3)CC1. The summed E-state index contributed by atoms with van der Waals surface area (Å²) in [7, 11) is 2.11. The Morgan fingerprint density at radius 2 is 1.80 bits per heavy atom. The molecule has 5 rings (SSSR count). The van der Waals surface area contributed by atoms with E-state index in [1.165, 1.54) is 12.1 Å². The number of benzene rings is 2. The number of ether oxygens (including phenoxy) is 2. The molecule has 1 aromatic heterocycles. The van der Waals surface area contributed by atoms with Crippen LogP contribution in [0.2, 0.25) is 0 Å². The molecule has 2 N–H and O–H groups in total. The maximum Gasteiger partial charge on any atom is 0.335 e. The fraction of sp³-hybridized carbons (Fsp3) is 0.387. The fourth-order valence-corrected chi connectivity index (χ4v) is 4.91. The molecule has 0 saturated carbocycles. The van der Waals surface area contributed by atoms with Crippen molar-refractivity contribution >= 4 is 17.6 Å². The molecule has 2 aliphatic heterocycles. The van der Waals surface area contributed by atoms with Gasteiger partial charge in [0.25, 0.3) is 5.91 Å². The largest absolute Gasteiger partial charge is 0.473 e. The number of rotatable bonds is 9. The van der Waals surface area contributed by atoms with Gasteiger partial charge in [-0.1, -0.05) is 42.5 Å². The number of esters is 1. The van der Waals surface area contributed by atoms with Crippen LogP contribution in [-0.2, 0) is 22.6 Å². The molecule has 0 unspecified atom stereocenters. The Bertz CT molecular complexity index is 1360. The van der Waals surface area contributed by atoms with Gasteiger partial charge in [0.15, 0.2) is 5.54 Å². The minimum Gasteiger partial charge on any atom is -0.473 e. The zero-order chi connectivity index (χ0) is 28.8. The highest BCUT2D eigenvalue weighted by molar-refractivity contribution is 5.95. The van der Waals surface area contributed by atoms with Crippen molar-refractivity contribution in [1.82, 2.24) is 20.1 Å². The van der Waals surface area contributed by atoms with Crippen molar-refractivity contribution < 1.29 is 23.5 Å². The lowest BCUT2D eigenvalue weighted by molar-refractivity contribution is -0.151. The minimum absolute atomic E-state index is 0.0115. The van der Waals surface area contributed by atoms with Gasteiger partial charge in [-0.3, -0.25) is 9.69 Å². The van der Waals surface area contributed by atoms with E-state index in [0.29, 0.717) is 24.2 Å². The van der Waals surface area contributed by atoms with Gasteiger partial charge in [0.2, 0.25) is 5.88 Å². The number of carbonyl (C=O) groups excluding carboxylic acids is 2. The Hall–Kier alpha value is -4.02. The fourth-order valence-electron chi connectivity index (χ4n) is 4.91. The van der Waals surface area contributed by atoms with Gasteiger partial charge in [-0.2, -0.15) is 0 Å². The van der Waals surface area contributed by atoms with Crippen molar-refractivity contribution in [3.63, 3.8) is 0 Å². The van der Waals surface area contributed by atoms with E-state index >= 15 is 0 Å². The van der Waals surface area contributed by atoms with E-state index < -0.39 is 11.5 Å². The number of nitrogens with zero attached hydrogens (tertiary/aromatic N) is 3. The van der Waals surface area contributed by atoms with Crippen LogP contribution in [0, 0.1) is 5.82 Å². The predicted molar refractivity (Wildman–Crippen MR) is 153 cm³/mol. The number of fused-ring (bicyclic) bond motifs is 1. The smallest absolute Gasteiger partial charge is 0.335 e. The predicted octanol–water partition coefficient (Wildman–Crippen LogP) is 3.10. The summed E-state index contributed by atoms with van der Waals surface area (Å²) in [5.41, 5.74) is 1.91. The quantitative estimate of drug-likeness (QED) is 0.385. The summed E-state index contributed by atoms with van der Waals surface area (Å²) >= 11 is 0. The number of piperazine rings is 1. The number of likely N-dealkylation sites (N-methyl/N-ethyl adjacent to an activating group) is 1. The lowest BCUT2D eigenvalue weighted by Gasteiger charge is -2.34. The van der Waals surface area contributed by atoms with Crippen molar-refractivity contribution in [2.24, 2.45) is 0 Å². The first-order valence-electron chi connectivity index (χ1n) is 13.9. The number of amides is 1. The summed E-state index contributed by atoms with van der Waals surface area (Å²) in [5, 5.41) is 6.24. The van der Waals surface area contributed by atoms with Crippen LogP contribution in [0.25, 0.3) is 0 Å². The first kappa shape index (κ1) is 28.5. The zero-order valence-electron chi connectivity index (χ0n) is 23.5. The van der Waals surface area contributed by atoms with Gasteiger partial charge < -0.3 is 25.0 Å². The average molecular weight is 562 g/mol. The molecule has 0 spiro atoms. The lowest BCUT2D eigenvalue weighted by atomic mass is 9.99. The van der Waals surface area contributed by atoms with Crippen molar-refractivity contribution in [3.05, 3.63) is 88.9 Å². The van der Waals surface area contributed by atoms with E-state index in [4.69, 9.17) is 9.47 Å². The molecule has 41 heavy (non-hydrogen) atoms. The summed E-state index contributed by atoms with van der Waals surface area (Å²) < 4.78 is 25.0. The van der Waals surface area contributed by atoms with Crippen LogP contribution in [0.4, 0.5) is 10.1 Å². The number of anilines is 1. The molecule has 9 nitrogen and oxygen atoms in total. The number of carbonyl (C=O) groups is 2. The number of hydrogen-bond donors (Lipinski definition) is 2. The molecule has 10 heteroatoms. The average Bonchev–Trinajstić information content (AvgIpc) is 2.98. The van der Waals surface area contributed by atoms with Gasteiger partial charge in [0.1, 0.15) is 24.7 Å². The highest BCUT2D eigenvalue weighted by atomic mass is 19.1. The summed E-state index contributed by atoms with van der Waals surface area (Å²) in [4.78, 5) is 35.6. The van der Waals surface area contributed by atoms with Crippen molar-refractivity contribution in [1.29, 1.82) is 0 Å². The monoisotopic (exact) mass is 561 g/mol. The highest BCUT2D eigenvalue weighted by Gasteiger charge is 2.41. The molecule has 0 bridgehead atoms. The molecule has 216 valence electrons. The molecule has 2 aliphatic rings. The second-order valence-corrected chi connectivity index (χ2v) is 10.9. The van der Waals surface area contributed by atoms with Crippen LogP contribution in [0.15, 0.2) is 60.7 Å². The topological polar surface area (TPSA) is 96.0 Å². The summed E-state index contributed by atoms with van der Waals surface area (Å²) in [6.45, 7) is 7.02. The van der Waals surface area contributed by atoms with E-state index in [1.807, 2.05) is 30.3 Å². The van der Waals surface area contributed by atoms with Gasteiger partial charge in [0, 0.05) is 39.3 Å². The highest BCUT2D eigenvalue weighted by Crippen LogP contribution is 2.34. The zero-order valence-corrected chi connectivity index (χ0v) is 23.5. The number of hydrogen-bond acceptors (Lipinski definition) is 8. The van der Waals surface area contributed by atoms with E-state index in [-0.39, 0.29) is 36.5 Å². The Morgan fingerprint density at radius 3 is 2.54 bits per heavy atom. The second-order valence-electron chi connectivity index (χ2n) is 10.9. The molecule has 1 saturated heterocycles. The standard InChI is InChI=1S/C31H36FN5O4/c1-31(30(39)40-20-23-6-4-3-5-7-23)21-41-29-26(35-31)19-24(18-22-8-10-25(32)11-9-22)27(34-29)28(38)33-12-13-37-16-14-36(2)15-17-37/h3-11,19,35H,12-18,20-21H2,1-2H3,(H,33,38)/t31-/m0/s1. The van der Waals surface area contributed by atoms with Crippen molar-refractivity contribution in [3.8, 4) is 5.88 Å². The molecule has 1 atom stereocenters. The molecular formula is C31H36FN5O4. The molecule has 0 aliphatic carbocycles. The molecule has 3 heterocycles. The van der Waals surface area contributed by atoms with Gasteiger partial charge in [0.05, 0.1) is 5.69 Å². The van der Waals surface area contributed by atoms with Crippen LogP contribution in [-0.4, -0.2) is 85.1 Å². The normalized spacial score (nSPS) is 19.0. The Kier molecular flexibility index (Phi) is 8.80. The van der Waals surface area contributed by atoms with Gasteiger partial charge >= 0.3 is 5.97 Å². The minimum atomic E-state index is -1.15. The van der Waals surface area contributed by atoms with Crippen LogP contribution < -0.4 is 15.4 Å². The van der Waals surface area contributed by atoms with Crippen molar-refractivity contribution in [2.75, 3.05) is 58.2 Å². The van der Waals surface area contributed by atoms with Crippen LogP contribution in [0.3, 0.4) is 0 Å². The lowest BCUT2D eigenvalue weighted by Crippen LogP contribution is -2.52. The van der Waals surface area contributed by atoms with Crippen LogP contribution in [0.1, 0.15) is 34.1 Å². The first-order chi connectivity index (χ1) is 19.8. The Morgan fingerprint density at radius 1 is 1.07 bits per heavy atom. The molecule has 1 fully saturated rings.